The fraction of sp³-hybridized carbons (Fsp3) is 0.250. The summed E-state index contributed by atoms with van der Waals surface area (Å²) < 4.78 is 0. The molecule has 4 rings (SSSR count). The molecule has 0 spiro atoms. The summed E-state index contributed by atoms with van der Waals surface area (Å²) in [4.78, 5) is 19.4. The van der Waals surface area contributed by atoms with Crippen LogP contribution in [0.2, 0.25) is 0 Å². The minimum atomic E-state index is 0.0343. The van der Waals surface area contributed by atoms with Crippen molar-refractivity contribution in [2.45, 2.75) is 12.8 Å². The first kappa shape index (κ1) is 19.6. The van der Waals surface area contributed by atoms with Gasteiger partial charge in [0.1, 0.15) is 0 Å². The van der Waals surface area contributed by atoms with Crippen molar-refractivity contribution in [3.8, 4) is 11.3 Å². The largest absolute Gasteiger partial charge is 0.326 e. The second-order valence-corrected chi connectivity index (χ2v) is 8.07. The van der Waals surface area contributed by atoms with Crippen molar-refractivity contribution in [2.75, 3.05) is 25.0 Å². The van der Waals surface area contributed by atoms with Gasteiger partial charge < -0.3 is 5.32 Å². The van der Waals surface area contributed by atoms with Crippen molar-refractivity contribution in [3.05, 3.63) is 77.1 Å². The summed E-state index contributed by atoms with van der Waals surface area (Å²) in [5, 5.41) is 5.11. The molecular formula is C24H25N3OS. The number of thiazole rings is 1. The number of anilines is 1. The number of nitrogens with zero attached hydrogens (tertiary/aromatic N) is 2. The zero-order chi connectivity index (χ0) is 19.9. The maximum Gasteiger partial charge on any atom is 0.228 e. The van der Waals surface area contributed by atoms with Gasteiger partial charge in [-0.1, -0.05) is 54.6 Å². The Hall–Kier alpha value is -2.76. The highest BCUT2D eigenvalue weighted by atomic mass is 32.1. The highest BCUT2D eigenvalue weighted by Crippen LogP contribution is 2.23. The van der Waals surface area contributed by atoms with Gasteiger partial charge in [-0.15, -0.1) is 11.3 Å². The van der Waals surface area contributed by atoms with E-state index in [4.69, 9.17) is 0 Å². The lowest BCUT2D eigenvalue weighted by molar-refractivity contribution is -0.121. The number of hydrogen-bond acceptors (Lipinski definition) is 4. The van der Waals surface area contributed by atoms with E-state index in [1.165, 1.54) is 5.56 Å². The van der Waals surface area contributed by atoms with Crippen molar-refractivity contribution < 1.29 is 4.79 Å². The Balaban J connectivity index is 1.30. The molecule has 4 nitrogen and oxygen atoms in total. The van der Waals surface area contributed by atoms with E-state index in [1.54, 1.807) is 11.3 Å². The lowest BCUT2D eigenvalue weighted by atomic mass is 9.97. The van der Waals surface area contributed by atoms with Crippen LogP contribution in [0.4, 0.5) is 5.69 Å². The number of carbonyl (C=O) groups is 1. The van der Waals surface area contributed by atoms with E-state index in [0.717, 1.165) is 49.4 Å². The molecule has 1 atom stereocenters. The van der Waals surface area contributed by atoms with E-state index >= 15 is 0 Å². The second-order valence-electron chi connectivity index (χ2n) is 7.35. The molecule has 1 aliphatic heterocycles. The van der Waals surface area contributed by atoms with E-state index in [0.29, 0.717) is 0 Å². The van der Waals surface area contributed by atoms with Crippen LogP contribution in [0, 0.1) is 5.92 Å². The molecule has 0 bridgehead atoms. The number of hydrogen-bond donors (Lipinski definition) is 1. The van der Waals surface area contributed by atoms with Crippen molar-refractivity contribution in [1.29, 1.82) is 0 Å². The van der Waals surface area contributed by atoms with Gasteiger partial charge in [0.15, 0.2) is 0 Å². The van der Waals surface area contributed by atoms with Crippen LogP contribution < -0.4 is 5.32 Å². The molecule has 0 aliphatic carbocycles. The van der Waals surface area contributed by atoms with E-state index in [1.807, 2.05) is 53.4 Å². The van der Waals surface area contributed by atoms with Crippen molar-refractivity contribution in [3.63, 3.8) is 0 Å². The molecule has 1 N–H and O–H groups in total. The molecule has 1 saturated heterocycles. The third-order valence-electron chi connectivity index (χ3n) is 5.23. The standard InChI is InChI=1S/C24H25N3OS/c28-24(26-22-12-10-20(11-13-22)23-17-29-18-25-23)21-9-5-15-27(16-21)14-4-8-19-6-2-1-3-7-19/h1-4,6-8,10-13,17-18,21H,5,9,14-16H2,(H,26,28)/b8-4+/t21-/m1/s1. The van der Waals surface area contributed by atoms with Crippen LogP contribution in [-0.2, 0) is 4.79 Å². The molecule has 3 aromatic rings. The smallest absolute Gasteiger partial charge is 0.228 e. The van der Waals surface area contributed by atoms with Gasteiger partial charge >= 0.3 is 0 Å². The van der Waals surface area contributed by atoms with Gasteiger partial charge in [0.25, 0.3) is 0 Å². The number of rotatable bonds is 6. The van der Waals surface area contributed by atoms with Crippen LogP contribution in [0.3, 0.4) is 0 Å². The summed E-state index contributed by atoms with van der Waals surface area (Å²) >= 11 is 1.58. The Morgan fingerprint density at radius 1 is 1.17 bits per heavy atom. The number of aromatic nitrogens is 1. The Morgan fingerprint density at radius 3 is 2.76 bits per heavy atom. The van der Waals surface area contributed by atoms with Gasteiger partial charge in [-0.25, -0.2) is 4.98 Å². The Morgan fingerprint density at radius 2 is 2.00 bits per heavy atom. The van der Waals surface area contributed by atoms with Crippen LogP contribution in [0.15, 0.2) is 71.6 Å². The summed E-state index contributed by atoms with van der Waals surface area (Å²) in [5.74, 6) is 0.148. The second kappa shape index (κ2) is 9.63. The minimum absolute atomic E-state index is 0.0343. The number of likely N-dealkylation sites (tertiary alicyclic amines) is 1. The normalized spacial score (nSPS) is 17.4. The molecule has 1 fully saturated rings. The highest BCUT2D eigenvalue weighted by Gasteiger charge is 2.25. The van der Waals surface area contributed by atoms with Crippen LogP contribution >= 0.6 is 11.3 Å². The fourth-order valence-electron chi connectivity index (χ4n) is 3.66. The third kappa shape index (κ3) is 5.40. The summed E-state index contributed by atoms with van der Waals surface area (Å²) in [6.07, 6.45) is 6.34. The first-order valence-corrected chi connectivity index (χ1v) is 11.0. The van der Waals surface area contributed by atoms with Gasteiger partial charge in [-0.3, -0.25) is 9.69 Å². The average Bonchev–Trinajstić information content (AvgIpc) is 3.30. The molecule has 29 heavy (non-hydrogen) atoms. The summed E-state index contributed by atoms with van der Waals surface area (Å²) in [5.41, 5.74) is 5.92. The minimum Gasteiger partial charge on any atom is -0.326 e. The van der Waals surface area contributed by atoms with E-state index < -0.39 is 0 Å². The Kier molecular flexibility index (Phi) is 6.49. The molecule has 1 aliphatic rings. The molecule has 0 saturated carbocycles. The van der Waals surface area contributed by atoms with Crippen LogP contribution in [0.5, 0.6) is 0 Å². The average molecular weight is 404 g/mol. The molecule has 1 amide bonds. The zero-order valence-corrected chi connectivity index (χ0v) is 17.1. The number of carbonyl (C=O) groups excluding carboxylic acids is 1. The van der Waals surface area contributed by atoms with Crippen molar-refractivity contribution >= 4 is 29.0 Å². The fourth-order valence-corrected chi connectivity index (χ4v) is 4.22. The van der Waals surface area contributed by atoms with Gasteiger partial charge in [-0.05, 0) is 37.1 Å². The summed E-state index contributed by atoms with van der Waals surface area (Å²) in [7, 11) is 0. The molecule has 1 aromatic heterocycles. The van der Waals surface area contributed by atoms with Gasteiger partial charge in [-0.2, -0.15) is 0 Å². The first-order chi connectivity index (χ1) is 14.3. The monoisotopic (exact) mass is 403 g/mol. The maximum absolute atomic E-state index is 12.8. The first-order valence-electron chi connectivity index (χ1n) is 10.0. The van der Waals surface area contributed by atoms with Crippen LogP contribution in [0.25, 0.3) is 17.3 Å². The summed E-state index contributed by atoms with van der Waals surface area (Å²) in [6, 6.07) is 18.2. The lowest BCUT2D eigenvalue weighted by Gasteiger charge is -2.31. The Labute approximate surface area is 175 Å². The number of piperidine rings is 1. The topological polar surface area (TPSA) is 45.2 Å². The molecule has 5 heteroatoms. The molecule has 2 heterocycles. The van der Waals surface area contributed by atoms with E-state index in [-0.39, 0.29) is 11.8 Å². The molecule has 2 aromatic carbocycles. The van der Waals surface area contributed by atoms with Crippen LogP contribution in [0.1, 0.15) is 18.4 Å². The number of benzene rings is 2. The number of nitrogens with one attached hydrogen (secondary N) is 1. The summed E-state index contributed by atoms with van der Waals surface area (Å²) in [6.45, 7) is 2.73. The van der Waals surface area contributed by atoms with Gasteiger partial charge in [0.2, 0.25) is 5.91 Å². The number of amides is 1. The molecular weight excluding hydrogens is 378 g/mol. The van der Waals surface area contributed by atoms with E-state index in [2.05, 4.69) is 39.5 Å². The highest BCUT2D eigenvalue weighted by molar-refractivity contribution is 7.07. The predicted molar refractivity (Wildman–Crippen MR) is 121 cm³/mol. The van der Waals surface area contributed by atoms with Crippen molar-refractivity contribution in [1.82, 2.24) is 9.88 Å². The zero-order valence-electron chi connectivity index (χ0n) is 16.3. The quantitative estimate of drug-likeness (QED) is 0.617. The van der Waals surface area contributed by atoms with Crippen LogP contribution in [-0.4, -0.2) is 35.4 Å². The molecule has 0 unspecified atom stereocenters. The maximum atomic E-state index is 12.8. The van der Waals surface area contributed by atoms with Gasteiger partial charge in [0.05, 0.1) is 17.1 Å². The molecule has 148 valence electrons. The molecule has 0 radical (unpaired) electrons. The third-order valence-corrected chi connectivity index (χ3v) is 5.82. The van der Waals surface area contributed by atoms with E-state index in [9.17, 15) is 4.79 Å². The van der Waals surface area contributed by atoms with Gasteiger partial charge in [0, 0.05) is 29.7 Å². The SMILES string of the molecule is O=C(Nc1ccc(-c2cscn2)cc1)[C@@H]1CCCN(C/C=C/c2ccccc2)C1. The predicted octanol–water partition coefficient (Wildman–Crippen LogP) is 5.17. The van der Waals surface area contributed by atoms with Crippen molar-refractivity contribution in [2.24, 2.45) is 5.92 Å². The lowest BCUT2D eigenvalue weighted by Crippen LogP contribution is -2.40. The Bertz CT molecular complexity index is 936.